The molecular weight excluding hydrogens is 296 g/mol. The Labute approximate surface area is 137 Å². The minimum absolute atomic E-state index is 0.0991. The second-order valence-corrected chi connectivity index (χ2v) is 4.93. The Hall–Kier alpha value is -2.12. The molecule has 0 radical (unpaired) electrons. The Kier molecular flexibility index (Phi) is 8.71. The van der Waals surface area contributed by atoms with E-state index >= 15 is 0 Å². The van der Waals surface area contributed by atoms with Crippen molar-refractivity contribution in [3.05, 3.63) is 24.3 Å². The van der Waals surface area contributed by atoms with Crippen LogP contribution in [0.4, 0.5) is 5.69 Å². The number of nitrogens with two attached hydrogens (primary N) is 1. The molecule has 0 saturated heterocycles. The van der Waals surface area contributed by atoms with Crippen molar-refractivity contribution in [1.82, 2.24) is 10.2 Å². The van der Waals surface area contributed by atoms with Crippen molar-refractivity contribution in [1.29, 1.82) is 0 Å². The maximum Gasteiger partial charge on any atom is 0.243 e. The quantitative estimate of drug-likeness (QED) is 0.580. The van der Waals surface area contributed by atoms with Crippen LogP contribution < -0.4 is 21.1 Å². The number of nitrogens with zero attached hydrogens (tertiary/aromatic N) is 1. The van der Waals surface area contributed by atoms with E-state index in [0.29, 0.717) is 12.3 Å². The fourth-order valence-corrected chi connectivity index (χ4v) is 1.92. The second kappa shape index (κ2) is 10.6. The highest BCUT2D eigenvalue weighted by Gasteiger charge is 2.05. The van der Waals surface area contributed by atoms with Crippen LogP contribution in [0.15, 0.2) is 24.3 Å². The first-order chi connectivity index (χ1) is 11.1. The SMILES string of the molecule is CCN(CC)CCOc1ccc(NC(=O)CNC(=O)CN)cc1. The molecule has 1 aromatic rings. The van der Waals surface area contributed by atoms with Crippen molar-refractivity contribution < 1.29 is 14.3 Å². The number of carbonyl (C=O) groups excluding carboxylic acids is 2. The van der Waals surface area contributed by atoms with Crippen molar-refractivity contribution in [2.24, 2.45) is 5.73 Å². The van der Waals surface area contributed by atoms with Gasteiger partial charge in [-0.2, -0.15) is 0 Å². The number of nitrogens with one attached hydrogen (secondary N) is 2. The fraction of sp³-hybridized carbons (Fsp3) is 0.500. The highest BCUT2D eigenvalue weighted by atomic mass is 16.5. The molecule has 0 unspecified atom stereocenters. The van der Waals surface area contributed by atoms with Crippen LogP contribution in [0, 0.1) is 0 Å². The van der Waals surface area contributed by atoms with E-state index < -0.39 is 0 Å². The number of ether oxygens (including phenoxy) is 1. The van der Waals surface area contributed by atoms with Crippen LogP contribution in [0.5, 0.6) is 5.75 Å². The maximum absolute atomic E-state index is 11.6. The molecule has 128 valence electrons. The molecule has 4 N–H and O–H groups in total. The van der Waals surface area contributed by atoms with Gasteiger partial charge in [0.25, 0.3) is 0 Å². The van der Waals surface area contributed by atoms with Gasteiger partial charge >= 0.3 is 0 Å². The summed E-state index contributed by atoms with van der Waals surface area (Å²) >= 11 is 0. The molecule has 2 amide bonds. The Morgan fingerprint density at radius 2 is 1.78 bits per heavy atom. The van der Waals surface area contributed by atoms with Crippen LogP contribution in [0.1, 0.15) is 13.8 Å². The summed E-state index contributed by atoms with van der Waals surface area (Å²) in [6.45, 7) is 7.53. The minimum atomic E-state index is -0.364. The maximum atomic E-state index is 11.6. The Morgan fingerprint density at radius 1 is 1.13 bits per heavy atom. The van der Waals surface area contributed by atoms with Crippen molar-refractivity contribution in [3.63, 3.8) is 0 Å². The van der Waals surface area contributed by atoms with Gasteiger partial charge in [0, 0.05) is 12.2 Å². The van der Waals surface area contributed by atoms with E-state index in [4.69, 9.17) is 10.5 Å². The third-order valence-corrected chi connectivity index (χ3v) is 3.34. The molecule has 0 bridgehead atoms. The number of benzene rings is 1. The van der Waals surface area contributed by atoms with Crippen LogP contribution in [-0.2, 0) is 9.59 Å². The van der Waals surface area contributed by atoms with Crippen LogP contribution in [-0.4, -0.2) is 56.0 Å². The van der Waals surface area contributed by atoms with Gasteiger partial charge in [-0.15, -0.1) is 0 Å². The Morgan fingerprint density at radius 3 is 2.35 bits per heavy atom. The molecule has 0 aliphatic carbocycles. The van der Waals surface area contributed by atoms with Crippen molar-refractivity contribution in [3.8, 4) is 5.75 Å². The summed E-state index contributed by atoms with van der Waals surface area (Å²) in [5.74, 6) is 0.0886. The lowest BCUT2D eigenvalue weighted by atomic mass is 10.3. The van der Waals surface area contributed by atoms with Gasteiger partial charge in [0.15, 0.2) is 0 Å². The van der Waals surface area contributed by atoms with Crippen LogP contribution in [0.3, 0.4) is 0 Å². The molecule has 0 fully saturated rings. The van der Waals surface area contributed by atoms with Crippen LogP contribution in [0.2, 0.25) is 0 Å². The molecule has 0 atom stereocenters. The Balaban J connectivity index is 2.35. The lowest BCUT2D eigenvalue weighted by Gasteiger charge is -2.18. The lowest BCUT2D eigenvalue weighted by Crippen LogP contribution is -2.36. The molecule has 23 heavy (non-hydrogen) atoms. The van der Waals surface area contributed by atoms with E-state index in [2.05, 4.69) is 29.4 Å². The molecule has 1 aromatic carbocycles. The summed E-state index contributed by atoms with van der Waals surface area (Å²) in [6, 6.07) is 7.12. The van der Waals surface area contributed by atoms with Gasteiger partial charge in [-0.3, -0.25) is 9.59 Å². The molecule has 0 aliphatic heterocycles. The highest BCUT2D eigenvalue weighted by Crippen LogP contribution is 2.15. The molecule has 7 heteroatoms. The van der Waals surface area contributed by atoms with E-state index in [1.54, 1.807) is 24.3 Å². The number of hydrogen-bond donors (Lipinski definition) is 3. The minimum Gasteiger partial charge on any atom is -0.492 e. The fourth-order valence-electron chi connectivity index (χ4n) is 1.92. The normalized spacial score (nSPS) is 10.4. The van der Waals surface area contributed by atoms with E-state index in [1.165, 1.54) is 0 Å². The molecule has 0 aliphatic rings. The number of rotatable bonds is 10. The van der Waals surface area contributed by atoms with Gasteiger partial charge in [0.1, 0.15) is 12.4 Å². The van der Waals surface area contributed by atoms with E-state index in [9.17, 15) is 9.59 Å². The molecule has 0 saturated carbocycles. The Bertz CT molecular complexity index is 487. The summed E-state index contributed by atoms with van der Waals surface area (Å²) in [4.78, 5) is 24.9. The first-order valence-electron chi connectivity index (χ1n) is 7.80. The monoisotopic (exact) mass is 322 g/mol. The van der Waals surface area contributed by atoms with Gasteiger partial charge in [-0.25, -0.2) is 0 Å². The molecule has 0 spiro atoms. The van der Waals surface area contributed by atoms with Crippen molar-refractivity contribution in [2.75, 3.05) is 44.6 Å². The van der Waals surface area contributed by atoms with Crippen LogP contribution in [0.25, 0.3) is 0 Å². The third-order valence-electron chi connectivity index (χ3n) is 3.34. The average Bonchev–Trinajstić information content (AvgIpc) is 2.58. The smallest absolute Gasteiger partial charge is 0.243 e. The standard InChI is InChI=1S/C16H26N4O3/c1-3-20(4-2)9-10-23-14-7-5-13(6-8-14)19-16(22)12-18-15(21)11-17/h5-8H,3-4,9-12,17H2,1-2H3,(H,18,21)(H,19,22). The zero-order valence-corrected chi connectivity index (χ0v) is 13.8. The van der Waals surface area contributed by atoms with Gasteiger partial charge in [-0.05, 0) is 37.4 Å². The highest BCUT2D eigenvalue weighted by molar-refractivity contribution is 5.94. The number of hydrogen-bond acceptors (Lipinski definition) is 5. The molecule has 0 aromatic heterocycles. The second-order valence-electron chi connectivity index (χ2n) is 4.93. The summed E-state index contributed by atoms with van der Waals surface area (Å²) in [5.41, 5.74) is 5.79. The first kappa shape index (κ1) is 18.9. The topological polar surface area (TPSA) is 96.7 Å². The average molecular weight is 322 g/mol. The van der Waals surface area contributed by atoms with Crippen molar-refractivity contribution in [2.45, 2.75) is 13.8 Å². The number of amides is 2. The number of carbonyl (C=O) groups is 2. The summed E-state index contributed by atoms with van der Waals surface area (Å²) in [7, 11) is 0. The van der Waals surface area contributed by atoms with Crippen LogP contribution >= 0.6 is 0 Å². The molecular formula is C16H26N4O3. The van der Waals surface area contributed by atoms with E-state index in [0.717, 1.165) is 25.4 Å². The predicted molar refractivity (Wildman–Crippen MR) is 90.4 cm³/mol. The zero-order chi connectivity index (χ0) is 17.1. The van der Waals surface area contributed by atoms with E-state index in [1.807, 2.05) is 0 Å². The summed E-state index contributed by atoms with van der Waals surface area (Å²) < 4.78 is 5.67. The van der Waals surface area contributed by atoms with Gasteiger partial charge < -0.3 is 26.0 Å². The summed E-state index contributed by atoms with van der Waals surface area (Å²) in [5, 5.41) is 5.09. The van der Waals surface area contributed by atoms with Gasteiger partial charge in [-0.1, -0.05) is 13.8 Å². The largest absolute Gasteiger partial charge is 0.492 e. The van der Waals surface area contributed by atoms with Crippen molar-refractivity contribution >= 4 is 17.5 Å². The molecule has 1 rings (SSSR count). The molecule has 0 heterocycles. The third kappa shape index (κ3) is 7.62. The number of anilines is 1. The molecule has 7 nitrogen and oxygen atoms in total. The summed E-state index contributed by atoms with van der Waals surface area (Å²) in [6.07, 6.45) is 0. The predicted octanol–water partition coefficient (Wildman–Crippen LogP) is 0.421. The lowest BCUT2D eigenvalue weighted by molar-refractivity contribution is -0.123. The number of likely N-dealkylation sites (N-methyl/N-ethyl adjacent to an activating group) is 1. The van der Waals surface area contributed by atoms with Gasteiger partial charge in [0.05, 0.1) is 13.1 Å². The zero-order valence-electron chi connectivity index (χ0n) is 13.8. The van der Waals surface area contributed by atoms with E-state index in [-0.39, 0.29) is 24.9 Å². The van der Waals surface area contributed by atoms with Gasteiger partial charge in [0.2, 0.25) is 11.8 Å². The first-order valence-corrected chi connectivity index (χ1v) is 7.80.